The molecule has 2 N–H and O–H groups in total. The molecule has 1 aliphatic rings. The number of likely N-dealkylation sites (tertiary alicyclic amines) is 1. The highest BCUT2D eigenvalue weighted by Gasteiger charge is 2.24. The maximum atomic E-state index is 10.2. The number of nitrogens with zero attached hydrogens (tertiary/aromatic N) is 1. The first-order valence-electron chi connectivity index (χ1n) is 6.49. The number of halogens is 1. The van der Waals surface area contributed by atoms with Gasteiger partial charge in [-0.2, -0.15) is 0 Å². The Morgan fingerprint density at radius 3 is 2.67 bits per heavy atom. The second-order valence-electron chi connectivity index (χ2n) is 4.89. The van der Waals surface area contributed by atoms with E-state index in [9.17, 15) is 10.2 Å². The monoisotopic (exact) mass is 269 g/mol. The summed E-state index contributed by atoms with van der Waals surface area (Å²) in [7, 11) is 0. The van der Waals surface area contributed by atoms with Gasteiger partial charge >= 0.3 is 0 Å². The van der Waals surface area contributed by atoms with Crippen molar-refractivity contribution in [2.45, 2.75) is 31.4 Å². The summed E-state index contributed by atoms with van der Waals surface area (Å²) in [5, 5.41) is 20.2. The largest absolute Gasteiger partial charge is 0.395 e. The second-order valence-corrected chi connectivity index (χ2v) is 5.33. The molecule has 0 spiro atoms. The van der Waals surface area contributed by atoms with Crippen LogP contribution in [-0.4, -0.2) is 40.9 Å². The Bertz CT molecular complexity index is 369. The van der Waals surface area contributed by atoms with Gasteiger partial charge in [-0.1, -0.05) is 30.2 Å². The predicted molar refractivity (Wildman–Crippen MR) is 72.7 cm³/mol. The molecule has 1 unspecified atom stereocenters. The van der Waals surface area contributed by atoms with E-state index in [-0.39, 0.29) is 12.6 Å². The fourth-order valence-electron chi connectivity index (χ4n) is 2.52. The molecule has 1 saturated heterocycles. The van der Waals surface area contributed by atoms with Crippen molar-refractivity contribution in [1.29, 1.82) is 0 Å². The molecule has 2 atom stereocenters. The van der Waals surface area contributed by atoms with Crippen LogP contribution in [-0.2, 0) is 0 Å². The smallest absolute Gasteiger partial charge is 0.0917 e. The van der Waals surface area contributed by atoms with E-state index in [0.717, 1.165) is 24.9 Å². The minimum absolute atomic E-state index is 0.174. The second kappa shape index (κ2) is 6.53. The summed E-state index contributed by atoms with van der Waals surface area (Å²) in [5.41, 5.74) is 0.877. The number of benzene rings is 1. The fraction of sp³-hybridized carbons (Fsp3) is 0.571. The van der Waals surface area contributed by atoms with E-state index in [2.05, 4.69) is 4.90 Å². The Balaban J connectivity index is 1.97. The highest BCUT2D eigenvalue weighted by Crippen LogP contribution is 2.22. The lowest BCUT2D eigenvalue weighted by molar-refractivity contribution is 0.0417. The Morgan fingerprint density at radius 2 is 2.00 bits per heavy atom. The summed E-state index contributed by atoms with van der Waals surface area (Å²) < 4.78 is 0. The third kappa shape index (κ3) is 3.45. The molecule has 0 amide bonds. The average molecular weight is 270 g/mol. The first-order valence-corrected chi connectivity index (χ1v) is 6.87. The van der Waals surface area contributed by atoms with Crippen molar-refractivity contribution in [2.75, 3.05) is 19.7 Å². The van der Waals surface area contributed by atoms with Crippen LogP contribution in [0, 0.1) is 0 Å². The summed E-state index contributed by atoms with van der Waals surface area (Å²) in [6, 6.07) is 7.48. The molecule has 1 aromatic carbocycles. The van der Waals surface area contributed by atoms with E-state index < -0.39 is 6.10 Å². The van der Waals surface area contributed by atoms with Gasteiger partial charge in [0.1, 0.15) is 0 Å². The van der Waals surface area contributed by atoms with E-state index in [4.69, 9.17) is 11.6 Å². The molecule has 3 nitrogen and oxygen atoms in total. The van der Waals surface area contributed by atoms with Crippen LogP contribution in [0.15, 0.2) is 24.3 Å². The minimum atomic E-state index is -0.519. The number of aliphatic hydroxyl groups is 2. The van der Waals surface area contributed by atoms with Gasteiger partial charge in [0.15, 0.2) is 0 Å². The number of piperidine rings is 1. The summed E-state index contributed by atoms with van der Waals surface area (Å²) in [5.74, 6) is 0. The highest BCUT2D eigenvalue weighted by atomic mass is 35.5. The molecule has 1 heterocycles. The van der Waals surface area contributed by atoms with E-state index in [0.29, 0.717) is 11.6 Å². The average Bonchev–Trinajstić information content (AvgIpc) is 2.40. The van der Waals surface area contributed by atoms with Crippen molar-refractivity contribution < 1.29 is 10.2 Å². The summed E-state index contributed by atoms with van der Waals surface area (Å²) >= 11 is 5.83. The first-order chi connectivity index (χ1) is 8.70. The molecule has 1 fully saturated rings. The van der Waals surface area contributed by atoms with Crippen molar-refractivity contribution in [1.82, 2.24) is 4.90 Å². The van der Waals surface area contributed by atoms with E-state index in [1.54, 1.807) is 12.1 Å². The molecule has 2 rings (SSSR count). The molecule has 1 aliphatic heterocycles. The maximum Gasteiger partial charge on any atom is 0.0917 e. The zero-order valence-electron chi connectivity index (χ0n) is 10.4. The summed E-state index contributed by atoms with van der Waals surface area (Å²) in [6.07, 6.45) is 2.81. The zero-order valence-corrected chi connectivity index (χ0v) is 11.2. The number of rotatable bonds is 4. The third-order valence-corrected chi connectivity index (χ3v) is 3.87. The summed E-state index contributed by atoms with van der Waals surface area (Å²) in [4.78, 5) is 2.18. The van der Waals surface area contributed by atoms with Crippen LogP contribution in [0.1, 0.15) is 30.9 Å². The van der Waals surface area contributed by atoms with Crippen LogP contribution < -0.4 is 0 Å². The van der Waals surface area contributed by atoms with Crippen molar-refractivity contribution in [3.05, 3.63) is 34.9 Å². The zero-order chi connectivity index (χ0) is 13.0. The molecular weight excluding hydrogens is 250 g/mol. The molecule has 0 radical (unpaired) electrons. The van der Waals surface area contributed by atoms with E-state index >= 15 is 0 Å². The van der Waals surface area contributed by atoms with Crippen LogP contribution >= 0.6 is 11.6 Å². The molecule has 4 heteroatoms. The molecule has 18 heavy (non-hydrogen) atoms. The van der Waals surface area contributed by atoms with Gasteiger partial charge in [0, 0.05) is 17.6 Å². The van der Waals surface area contributed by atoms with Gasteiger partial charge in [-0.3, -0.25) is 4.90 Å². The first kappa shape index (κ1) is 13.8. The normalized spacial score (nSPS) is 22.9. The minimum Gasteiger partial charge on any atom is -0.395 e. The maximum absolute atomic E-state index is 10.2. The van der Waals surface area contributed by atoms with Crippen molar-refractivity contribution >= 4 is 11.6 Å². The topological polar surface area (TPSA) is 43.7 Å². The SMILES string of the molecule is OC[C@H]1CCCCN1CC(O)c1ccc(Cl)cc1. The van der Waals surface area contributed by atoms with Crippen LogP contribution in [0.4, 0.5) is 0 Å². The van der Waals surface area contributed by atoms with Gasteiger partial charge < -0.3 is 10.2 Å². The molecule has 100 valence electrons. The van der Waals surface area contributed by atoms with Crippen molar-refractivity contribution in [2.24, 2.45) is 0 Å². The molecule has 0 aromatic heterocycles. The highest BCUT2D eigenvalue weighted by molar-refractivity contribution is 6.30. The van der Waals surface area contributed by atoms with E-state index in [1.165, 1.54) is 6.42 Å². The Morgan fingerprint density at radius 1 is 1.28 bits per heavy atom. The number of β-amino-alcohol motifs (C(OH)–C–C–N with tert-alkyl or cyclic N) is 1. The standard InChI is InChI=1S/C14H20ClNO2/c15-12-6-4-11(5-7-12)14(18)9-16-8-2-1-3-13(16)10-17/h4-7,13-14,17-18H,1-3,8-10H2/t13-,14?/m1/s1. The Kier molecular flexibility index (Phi) is 5.01. The van der Waals surface area contributed by atoms with Gasteiger partial charge in [-0.25, -0.2) is 0 Å². The van der Waals surface area contributed by atoms with Crippen molar-refractivity contribution in [3.63, 3.8) is 0 Å². The van der Waals surface area contributed by atoms with Crippen LogP contribution in [0.3, 0.4) is 0 Å². The van der Waals surface area contributed by atoms with Gasteiger partial charge in [0.05, 0.1) is 12.7 Å². The van der Waals surface area contributed by atoms with Gasteiger partial charge in [0.25, 0.3) is 0 Å². The number of aliphatic hydroxyl groups excluding tert-OH is 2. The number of hydrogen-bond acceptors (Lipinski definition) is 3. The molecular formula is C14H20ClNO2. The summed E-state index contributed by atoms with van der Waals surface area (Å²) in [6.45, 7) is 1.70. The van der Waals surface area contributed by atoms with Gasteiger partial charge in [-0.15, -0.1) is 0 Å². The van der Waals surface area contributed by atoms with Gasteiger partial charge in [-0.05, 0) is 37.1 Å². The predicted octanol–water partition coefficient (Wildman–Crippen LogP) is 2.22. The number of hydrogen-bond donors (Lipinski definition) is 2. The molecule has 0 aliphatic carbocycles. The van der Waals surface area contributed by atoms with Crippen LogP contribution in [0.25, 0.3) is 0 Å². The third-order valence-electron chi connectivity index (χ3n) is 3.62. The Labute approximate surface area is 113 Å². The molecule has 0 saturated carbocycles. The van der Waals surface area contributed by atoms with E-state index in [1.807, 2.05) is 12.1 Å². The molecule has 0 bridgehead atoms. The Hall–Kier alpha value is -0.610. The van der Waals surface area contributed by atoms with Crippen LogP contribution in [0.2, 0.25) is 5.02 Å². The quantitative estimate of drug-likeness (QED) is 0.881. The lowest BCUT2D eigenvalue weighted by Crippen LogP contribution is -2.43. The van der Waals surface area contributed by atoms with Crippen LogP contribution in [0.5, 0.6) is 0 Å². The fourth-order valence-corrected chi connectivity index (χ4v) is 2.65. The lowest BCUT2D eigenvalue weighted by Gasteiger charge is -2.35. The van der Waals surface area contributed by atoms with Gasteiger partial charge in [0.2, 0.25) is 0 Å². The molecule has 1 aromatic rings. The van der Waals surface area contributed by atoms with Crippen molar-refractivity contribution in [3.8, 4) is 0 Å². The lowest BCUT2D eigenvalue weighted by atomic mass is 10.0.